The molecule has 0 aromatic heterocycles. The van der Waals surface area contributed by atoms with Gasteiger partial charge in [-0.1, -0.05) is 6.07 Å². The van der Waals surface area contributed by atoms with E-state index in [1.54, 1.807) is 0 Å². The summed E-state index contributed by atoms with van der Waals surface area (Å²) in [6.45, 7) is 1.22. The van der Waals surface area contributed by atoms with Crippen LogP contribution in [0.5, 0.6) is 5.75 Å². The molecular formula is C18H16N4O7. The molecule has 11 nitrogen and oxygen atoms in total. The third-order valence-electron chi connectivity index (χ3n) is 3.56. The van der Waals surface area contributed by atoms with Crippen LogP contribution in [0.15, 0.2) is 64.1 Å². The monoisotopic (exact) mass is 400 g/mol. The summed E-state index contributed by atoms with van der Waals surface area (Å²) in [4.78, 5) is 33.6. The minimum atomic E-state index is -1.17. The summed E-state index contributed by atoms with van der Waals surface area (Å²) in [7, 11) is 1.29. The van der Waals surface area contributed by atoms with Crippen LogP contribution < -0.4 is 10.1 Å². The van der Waals surface area contributed by atoms with E-state index in [0.717, 1.165) is 6.07 Å². The quantitative estimate of drug-likeness (QED) is 0.209. The summed E-state index contributed by atoms with van der Waals surface area (Å²) in [5.74, 6) is -2.40. The number of carboxylic acid groups (broad SMARTS) is 1. The Kier molecular flexibility index (Phi) is 6.58. The van der Waals surface area contributed by atoms with Crippen LogP contribution in [0, 0.1) is 10.1 Å². The molecule has 0 atom stereocenters. The number of hydrogen-bond donors (Lipinski definition) is 3. The lowest BCUT2D eigenvalue weighted by Gasteiger charge is -2.07. The van der Waals surface area contributed by atoms with Crippen molar-refractivity contribution >= 4 is 28.9 Å². The molecule has 0 fully saturated rings. The van der Waals surface area contributed by atoms with Crippen LogP contribution in [0.4, 0.5) is 17.1 Å². The Bertz CT molecular complexity index is 1030. The number of non-ortho nitro benzene ring substituents is 1. The summed E-state index contributed by atoms with van der Waals surface area (Å²) < 4.78 is 5.03. The molecule has 3 N–H and O–H groups in total. The normalized spacial score (nSPS) is 11.7. The number of rotatable bonds is 7. The first-order valence-electron chi connectivity index (χ1n) is 8.01. The number of nitrogens with zero attached hydrogens (tertiary/aromatic N) is 3. The van der Waals surface area contributed by atoms with E-state index in [2.05, 4.69) is 15.5 Å². The number of carbonyl (C=O) groups excluding carboxylic acids is 1. The van der Waals surface area contributed by atoms with Crippen LogP contribution in [0.1, 0.15) is 17.3 Å². The highest BCUT2D eigenvalue weighted by molar-refractivity contribution is 6.04. The molecule has 0 spiro atoms. The molecule has 1 amide bonds. The van der Waals surface area contributed by atoms with Gasteiger partial charge in [-0.25, -0.2) is 4.79 Å². The lowest BCUT2D eigenvalue weighted by Crippen LogP contribution is -2.15. The third-order valence-corrected chi connectivity index (χ3v) is 3.56. The lowest BCUT2D eigenvalue weighted by atomic mass is 10.2. The number of nitro benzene ring substituents is 1. The molecule has 0 aliphatic rings. The Hall–Kier alpha value is -4.28. The van der Waals surface area contributed by atoms with Gasteiger partial charge in [0.05, 0.1) is 23.7 Å². The molecule has 0 saturated heterocycles. The SMILES string of the molecule is COc1cc([N+](=O)[O-])ccc1N=N/C(C(=O)Nc1cccc(C(=O)O)c1)=C(\C)O. The molecule has 150 valence electrons. The zero-order chi connectivity index (χ0) is 21.6. The third kappa shape index (κ3) is 5.35. The van der Waals surface area contributed by atoms with E-state index < -0.39 is 28.3 Å². The van der Waals surface area contributed by atoms with Gasteiger partial charge in [-0.2, -0.15) is 0 Å². The maximum Gasteiger partial charge on any atom is 0.335 e. The fourth-order valence-electron chi connectivity index (χ4n) is 2.17. The van der Waals surface area contributed by atoms with Gasteiger partial charge in [0, 0.05) is 11.8 Å². The van der Waals surface area contributed by atoms with Crippen LogP contribution >= 0.6 is 0 Å². The van der Waals surface area contributed by atoms with E-state index >= 15 is 0 Å². The predicted octanol–water partition coefficient (Wildman–Crippen LogP) is 3.81. The van der Waals surface area contributed by atoms with Crippen molar-refractivity contribution in [3.63, 3.8) is 0 Å². The molecule has 0 aliphatic carbocycles. The summed E-state index contributed by atoms with van der Waals surface area (Å²) >= 11 is 0. The van der Waals surface area contributed by atoms with Gasteiger partial charge >= 0.3 is 5.97 Å². The highest BCUT2D eigenvalue weighted by Crippen LogP contribution is 2.32. The molecule has 2 aromatic rings. The summed E-state index contributed by atoms with van der Waals surface area (Å²) in [6, 6.07) is 9.10. The number of hydrogen-bond acceptors (Lipinski definition) is 8. The molecule has 2 aromatic carbocycles. The Labute approximate surface area is 164 Å². The first-order valence-corrected chi connectivity index (χ1v) is 8.01. The number of carboxylic acids is 1. The van der Waals surface area contributed by atoms with Gasteiger partial charge in [-0.3, -0.25) is 14.9 Å². The number of ether oxygens (including phenoxy) is 1. The number of anilines is 1. The summed E-state index contributed by atoms with van der Waals surface area (Å²) in [6.07, 6.45) is 0. The van der Waals surface area contributed by atoms with E-state index in [1.807, 2.05) is 0 Å². The second-order valence-electron chi connectivity index (χ2n) is 5.59. The number of amides is 1. The second kappa shape index (κ2) is 9.08. The van der Waals surface area contributed by atoms with Gasteiger partial charge in [0.25, 0.3) is 11.6 Å². The second-order valence-corrected chi connectivity index (χ2v) is 5.59. The van der Waals surface area contributed by atoms with Crippen molar-refractivity contribution in [3.8, 4) is 5.75 Å². The van der Waals surface area contributed by atoms with Crippen LogP contribution in [-0.2, 0) is 4.79 Å². The van der Waals surface area contributed by atoms with Crippen molar-refractivity contribution in [3.05, 3.63) is 69.6 Å². The van der Waals surface area contributed by atoms with Crippen LogP contribution in [-0.4, -0.2) is 34.1 Å². The van der Waals surface area contributed by atoms with Crippen molar-refractivity contribution in [1.29, 1.82) is 0 Å². The molecule has 2 rings (SSSR count). The fraction of sp³-hybridized carbons (Fsp3) is 0.111. The van der Waals surface area contributed by atoms with Crippen molar-refractivity contribution in [2.24, 2.45) is 10.2 Å². The number of nitrogens with one attached hydrogen (secondary N) is 1. The largest absolute Gasteiger partial charge is 0.510 e. The highest BCUT2D eigenvalue weighted by Gasteiger charge is 2.16. The molecule has 0 bridgehead atoms. The average Bonchev–Trinajstić information content (AvgIpc) is 2.67. The number of benzene rings is 2. The number of carbonyl (C=O) groups is 2. The Morgan fingerprint density at radius 1 is 1.17 bits per heavy atom. The van der Waals surface area contributed by atoms with Crippen molar-refractivity contribution in [2.45, 2.75) is 6.92 Å². The summed E-state index contributed by atoms with van der Waals surface area (Å²) in [5.41, 5.74) is -0.419. The molecule has 0 saturated carbocycles. The first-order chi connectivity index (χ1) is 13.7. The van der Waals surface area contributed by atoms with Gasteiger partial charge in [0.2, 0.25) is 0 Å². The van der Waals surface area contributed by atoms with Crippen LogP contribution in [0.3, 0.4) is 0 Å². The zero-order valence-electron chi connectivity index (χ0n) is 15.3. The smallest absolute Gasteiger partial charge is 0.335 e. The number of aromatic carboxylic acids is 1. The number of aliphatic hydroxyl groups is 1. The predicted molar refractivity (Wildman–Crippen MR) is 102 cm³/mol. The fourth-order valence-corrected chi connectivity index (χ4v) is 2.17. The first kappa shape index (κ1) is 21.0. The van der Waals surface area contributed by atoms with Crippen molar-refractivity contribution < 1.29 is 29.5 Å². The molecule has 0 heterocycles. The van der Waals surface area contributed by atoms with Crippen LogP contribution in [0.25, 0.3) is 0 Å². The van der Waals surface area contributed by atoms with E-state index in [1.165, 1.54) is 50.4 Å². The number of methoxy groups -OCH3 is 1. The molecule has 0 radical (unpaired) electrons. The maximum absolute atomic E-state index is 12.4. The lowest BCUT2D eigenvalue weighted by molar-refractivity contribution is -0.384. The summed E-state index contributed by atoms with van der Waals surface area (Å²) in [5, 5.41) is 39.5. The van der Waals surface area contributed by atoms with Gasteiger partial charge in [-0.15, -0.1) is 10.2 Å². The van der Waals surface area contributed by atoms with Gasteiger partial charge < -0.3 is 20.3 Å². The standard InChI is InChI=1S/C18H16N4O7/c1-10(23)16(17(24)19-12-5-3-4-11(8-12)18(25)26)21-20-14-7-6-13(22(27)28)9-15(14)29-2/h3-9,23H,1-2H3,(H,19,24)(H,25,26)/b16-10+,21-20?. The zero-order valence-corrected chi connectivity index (χ0v) is 15.3. The minimum Gasteiger partial charge on any atom is -0.510 e. The number of nitro groups is 1. The van der Waals surface area contributed by atoms with Gasteiger partial charge in [-0.05, 0) is 31.2 Å². The molecular weight excluding hydrogens is 384 g/mol. The van der Waals surface area contributed by atoms with Gasteiger partial charge in [0.15, 0.2) is 11.4 Å². The number of azo groups is 1. The number of aliphatic hydroxyl groups excluding tert-OH is 1. The Morgan fingerprint density at radius 3 is 2.48 bits per heavy atom. The van der Waals surface area contributed by atoms with E-state index in [4.69, 9.17) is 9.84 Å². The Morgan fingerprint density at radius 2 is 1.90 bits per heavy atom. The van der Waals surface area contributed by atoms with Crippen molar-refractivity contribution in [1.82, 2.24) is 0 Å². The molecule has 29 heavy (non-hydrogen) atoms. The highest BCUT2D eigenvalue weighted by atomic mass is 16.6. The van der Waals surface area contributed by atoms with Gasteiger partial charge in [0.1, 0.15) is 11.4 Å². The van der Waals surface area contributed by atoms with E-state index in [0.29, 0.717) is 0 Å². The molecule has 11 heteroatoms. The molecule has 0 unspecified atom stereocenters. The topological polar surface area (TPSA) is 164 Å². The van der Waals surface area contributed by atoms with E-state index in [9.17, 15) is 24.8 Å². The Balaban J connectivity index is 2.28. The number of allylic oxidation sites excluding steroid dienone is 1. The average molecular weight is 400 g/mol. The van der Waals surface area contributed by atoms with Crippen LogP contribution in [0.2, 0.25) is 0 Å². The maximum atomic E-state index is 12.4. The van der Waals surface area contributed by atoms with Crippen molar-refractivity contribution in [2.75, 3.05) is 12.4 Å². The van der Waals surface area contributed by atoms with E-state index in [-0.39, 0.29) is 28.4 Å². The minimum absolute atomic E-state index is 0.0358. The molecule has 0 aliphatic heterocycles.